The van der Waals surface area contributed by atoms with Gasteiger partial charge in [-0.15, -0.1) is 0 Å². The predicted molar refractivity (Wildman–Crippen MR) is 67.2 cm³/mol. The monoisotopic (exact) mass is 279 g/mol. The number of aromatic hydroxyl groups is 1. The van der Waals surface area contributed by atoms with Gasteiger partial charge in [-0.25, -0.2) is 4.79 Å². The molecule has 2 aromatic rings. The molecule has 0 saturated heterocycles. The lowest BCUT2D eigenvalue weighted by Crippen LogP contribution is -2.02. The maximum atomic E-state index is 11.6. The van der Waals surface area contributed by atoms with Gasteiger partial charge in [0.15, 0.2) is 11.5 Å². The van der Waals surface area contributed by atoms with Crippen molar-refractivity contribution in [2.45, 2.75) is 6.54 Å². The van der Waals surface area contributed by atoms with Crippen molar-refractivity contribution in [3.63, 3.8) is 0 Å². The first-order valence-electron chi connectivity index (χ1n) is 5.63. The van der Waals surface area contributed by atoms with Gasteiger partial charge in [0.2, 0.25) is 11.7 Å². The Morgan fingerprint density at radius 3 is 2.75 bits per heavy atom. The van der Waals surface area contributed by atoms with Crippen molar-refractivity contribution in [3.05, 3.63) is 23.6 Å². The Balaban J connectivity index is 2.58. The number of carbonyl (C=O) groups excluding carboxylic acids is 1. The van der Waals surface area contributed by atoms with E-state index in [1.165, 1.54) is 26.4 Å². The number of methoxy groups -OCH3 is 2. The molecule has 106 valence electrons. The van der Waals surface area contributed by atoms with Crippen molar-refractivity contribution in [1.29, 1.82) is 0 Å². The zero-order valence-corrected chi connectivity index (χ0v) is 10.9. The molecular weight excluding hydrogens is 266 g/mol. The van der Waals surface area contributed by atoms with Gasteiger partial charge in [-0.05, 0) is 12.1 Å². The number of rotatable bonds is 4. The molecule has 0 amide bonds. The second kappa shape index (κ2) is 5.57. The molecule has 1 aromatic heterocycles. The molecule has 20 heavy (non-hydrogen) atoms. The molecule has 0 atom stereocenters. The average Bonchev–Trinajstić information content (AvgIpc) is 2.95. The van der Waals surface area contributed by atoms with Crippen LogP contribution in [0.15, 0.2) is 16.7 Å². The van der Waals surface area contributed by atoms with Gasteiger partial charge < -0.3 is 24.8 Å². The highest BCUT2D eigenvalue weighted by Gasteiger charge is 2.20. The third kappa shape index (κ3) is 2.41. The summed E-state index contributed by atoms with van der Waals surface area (Å²) in [5.41, 5.74) is 5.76. The van der Waals surface area contributed by atoms with Gasteiger partial charge in [-0.3, -0.25) is 0 Å². The summed E-state index contributed by atoms with van der Waals surface area (Å²) >= 11 is 0. The molecule has 1 aromatic carbocycles. The molecule has 0 bridgehead atoms. The summed E-state index contributed by atoms with van der Waals surface area (Å²) in [4.78, 5) is 15.6. The number of phenols is 1. The third-order valence-electron chi connectivity index (χ3n) is 2.60. The highest BCUT2D eigenvalue weighted by Crippen LogP contribution is 2.37. The van der Waals surface area contributed by atoms with Crippen LogP contribution < -0.4 is 10.5 Å². The molecule has 0 radical (unpaired) electrons. The number of hydrogen-bond donors (Lipinski definition) is 2. The molecule has 0 aliphatic heterocycles. The van der Waals surface area contributed by atoms with E-state index in [-0.39, 0.29) is 40.9 Å². The highest BCUT2D eigenvalue weighted by molar-refractivity contribution is 5.92. The minimum atomic E-state index is -0.577. The van der Waals surface area contributed by atoms with Crippen LogP contribution in [-0.4, -0.2) is 35.4 Å². The quantitative estimate of drug-likeness (QED) is 0.784. The smallest absolute Gasteiger partial charge is 0.338 e. The standard InChI is InChI=1S/C12H13N3O5/c1-18-8-4-6(12(17)19-2)3-7(10(8)16)11-14-9(5-13)20-15-11/h3-4,16H,5,13H2,1-2H3. The zero-order chi connectivity index (χ0) is 14.7. The van der Waals surface area contributed by atoms with E-state index in [9.17, 15) is 9.90 Å². The number of esters is 1. The van der Waals surface area contributed by atoms with Crippen molar-refractivity contribution >= 4 is 5.97 Å². The van der Waals surface area contributed by atoms with E-state index < -0.39 is 5.97 Å². The lowest BCUT2D eigenvalue weighted by Gasteiger charge is -2.09. The number of benzene rings is 1. The normalized spacial score (nSPS) is 10.3. The molecular formula is C12H13N3O5. The lowest BCUT2D eigenvalue weighted by molar-refractivity contribution is 0.0600. The summed E-state index contributed by atoms with van der Waals surface area (Å²) in [5, 5.41) is 13.8. The lowest BCUT2D eigenvalue weighted by atomic mass is 10.1. The number of carbonyl (C=O) groups is 1. The molecule has 0 saturated carbocycles. The molecule has 8 nitrogen and oxygen atoms in total. The van der Waals surface area contributed by atoms with Crippen LogP contribution in [0.4, 0.5) is 0 Å². The van der Waals surface area contributed by atoms with E-state index >= 15 is 0 Å². The predicted octanol–water partition coefficient (Wildman–Crippen LogP) is 0.696. The number of ether oxygens (including phenoxy) is 2. The first kappa shape index (κ1) is 13.8. The van der Waals surface area contributed by atoms with Gasteiger partial charge in [0.1, 0.15) is 0 Å². The van der Waals surface area contributed by atoms with E-state index in [0.29, 0.717) is 0 Å². The zero-order valence-electron chi connectivity index (χ0n) is 10.9. The van der Waals surface area contributed by atoms with Gasteiger partial charge in [0, 0.05) is 0 Å². The van der Waals surface area contributed by atoms with Crippen LogP contribution in [0, 0.1) is 0 Å². The number of aromatic nitrogens is 2. The van der Waals surface area contributed by atoms with Crippen LogP contribution in [0.5, 0.6) is 11.5 Å². The molecule has 3 N–H and O–H groups in total. The van der Waals surface area contributed by atoms with Crippen LogP contribution in [-0.2, 0) is 11.3 Å². The Labute approximate surface area is 114 Å². The number of nitrogens with zero attached hydrogens (tertiary/aromatic N) is 2. The van der Waals surface area contributed by atoms with Crippen LogP contribution in [0.1, 0.15) is 16.2 Å². The Hall–Kier alpha value is -2.61. The molecule has 0 fully saturated rings. The maximum Gasteiger partial charge on any atom is 0.338 e. The summed E-state index contributed by atoms with van der Waals surface area (Å²) in [5.74, 6) is -0.368. The second-order valence-electron chi connectivity index (χ2n) is 3.78. The average molecular weight is 279 g/mol. The summed E-state index contributed by atoms with van der Waals surface area (Å²) in [7, 11) is 2.61. The third-order valence-corrected chi connectivity index (χ3v) is 2.60. The molecule has 8 heteroatoms. The van der Waals surface area contributed by atoms with Crippen LogP contribution in [0.3, 0.4) is 0 Å². The minimum absolute atomic E-state index is 0.0710. The fourth-order valence-corrected chi connectivity index (χ4v) is 1.62. The molecule has 0 aliphatic carbocycles. The summed E-state index contributed by atoms with van der Waals surface area (Å²) in [6.07, 6.45) is 0. The van der Waals surface area contributed by atoms with Crippen molar-refractivity contribution in [1.82, 2.24) is 10.1 Å². The first-order chi connectivity index (χ1) is 9.60. The van der Waals surface area contributed by atoms with E-state index in [4.69, 9.17) is 15.0 Å². The van der Waals surface area contributed by atoms with Crippen LogP contribution in [0.25, 0.3) is 11.4 Å². The largest absolute Gasteiger partial charge is 0.504 e. The van der Waals surface area contributed by atoms with Gasteiger partial charge in [0.25, 0.3) is 0 Å². The van der Waals surface area contributed by atoms with Crippen LogP contribution in [0.2, 0.25) is 0 Å². The van der Waals surface area contributed by atoms with Gasteiger partial charge in [-0.2, -0.15) is 4.98 Å². The van der Waals surface area contributed by atoms with Crippen LogP contribution >= 0.6 is 0 Å². The second-order valence-corrected chi connectivity index (χ2v) is 3.78. The Morgan fingerprint density at radius 1 is 1.45 bits per heavy atom. The maximum absolute atomic E-state index is 11.6. The molecule has 2 rings (SSSR count). The SMILES string of the molecule is COC(=O)c1cc(OC)c(O)c(-c2noc(CN)n2)c1. The Kier molecular flexibility index (Phi) is 3.85. The Morgan fingerprint density at radius 2 is 2.20 bits per heavy atom. The molecule has 0 unspecified atom stereocenters. The number of phenolic OH excluding ortho intramolecular Hbond substituents is 1. The Bertz CT molecular complexity index is 638. The van der Waals surface area contributed by atoms with Crippen molar-refractivity contribution < 1.29 is 23.9 Å². The van der Waals surface area contributed by atoms with Gasteiger partial charge in [-0.1, -0.05) is 5.16 Å². The van der Waals surface area contributed by atoms with E-state index in [0.717, 1.165) is 0 Å². The minimum Gasteiger partial charge on any atom is -0.504 e. The van der Waals surface area contributed by atoms with Crippen molar-refractivity contribution in [3.8, 4) is 22.9 Å². The number of hydrogen-bond acceptors (Lipinski definition) is 8. The van der Waals surface area contributed by atoms with Crippen molar-refractivity contribution in [2.75, 3.05) is 14.2 Å². The summed E-state index contributed by atoms with van der Waals surface area (Å²) < 4.78 is 14.5. The molecule has 0 spiro atoms. The fraction of sp³-hybridized carbons (Fsp3) is 0.250. The summed E-state index contributed by atoms with van der Waals surface area (Å²) in [6.45, 7) is 0.0710. The molecule has 0 aliphatic rings. The topological polar surface area (TPSA) is 121 Å². The van der Waals surface area contributed by atoms with Gasteiger partial charge in [0.05, 0.1) is 31.9 Å². The van der Waals surface area contributed by atoms with E-state index in [1.807, 2.05) is 0 Å². The summed E-state index contributed by atoms with van der Waals surface area (Å²) in [6, 6.07) is 2.74. The fourth-order valence-electron chi connectivity index (χ4n) is 1.62. The molecule has 1 heterocycles. The van der Waals surface area contributed by atoms with Crippen molar-refractivity contribution in [2.24, 2.45) is 5.73 Å². The highest BCUT2D eigenvalue weighted by atomic mass is 16.5. The number of nitrogens with two attached hydrogens (primary N) is 1. The van der Waals surface area contributed by atoms with E-state index in [1.54, 1.807) is 0 Å². The van der Waals surface area contributed by atoms with Gasteiger partial charge >= 0.3 is 5.97 Å². The first-order valence-corrected chi connectivity index (χ1v) is 5.63. The van der Waals surface area contributed by atoms with E-state index in [2.05, 4.69) is 14.9 Å².